The summed E-state index contributed by atoms with van der Waals surface area (Å²) in [6.45, 7) is 9.67. The van der Waals surface area contributed by atoms with E-state index in [0.29, 0.717) is 30.3 Å². The van der Waals surface area contributed by atoms with E-state index >= 15 is 0 Å². The van der Waals surface area contributed by atoms with Crippen molar-refractivity contribution in [2.45, 2.75) is 98.0 Å². The standard InChI is InChI=1S/C30H50O5/c1-20(6-11-27(33)34-5)24-9-10-25-23-8-7-21-16-22(35-19-28(2,17-31)18-32)12-14-29(21,3)26(23)13-15-30(24,25)4/h7,20,22-26,31-32H,6,8-19H2,1-5H3/t20-,22+,23+,24-,25+,26+,29+,30-/m1/s1. The molecule has 2 N–H and O–H groups in total. The number of rotatable bonds is 9. The number of aliphatic hydroxyl groups excluding tert-OH is 2. The Hall–Kier alpha value is -0.910. The molecule has 3 fully saturated rings. The molecule has 0 spiro atoms. The zero-order valence-electron chi connectivity index (χ0n) is 22.9. The van der Waals surface area contributed by atoms with Crippen molar-refractivity contribution in [1.29, 1.82) is 0 Å². The minimum atomic E-state index is -0.562. The first-order valence-corrected chi connectivity index (χ1v) is 14.2. The largest absolute Gasteiger partial charge is 0.469 e. The van der Waals surface area contributed by atoms with Crippen LogP contribution in [0.4, 0.5) is 0 Å². The van der Waals surface area contributed by atoms with Crippen molar-refractivity contribution >= 4 is 5.97 Å². The molecule has 0 radical (unpaired) electrons. The number of allylic oxidation sites excluding steroid dienone is 1. The number of hydrogen-bond donors (Lipinski definition) is 2. The van der Waals surface area contributed by atoms with Crippen LogP contribution < -0.4 is 0 Å². The maximum Gasteiger partial charge on any atom is 0.305 e. The summed E-state index contributed by atoms with van der Waals surface area (Å²) in [7, 11) is 1.49. The normalized spacial score (nSPS) is 39.7. The van der Waals surface area contributed by atoms with Gasteiger partial charge in [0, 0.05) is 11.8 Å². The summed E-state index contributed by atoms with van der Waals surface area (Å²) in [6.07, 6.45) is 14.0. The Kier molecular flexibility index (Phi) is 8.11. The summed E-state index contributed by atoms with van der Waals surface area (Å²) in [6, 6.07) is 0. The van der Waals surface area contributed by atoms with Gasteiger partial charge in [-0.2, -0.15) is 0 Å². The van der Waals surface area contributed by atoms with Crippen molar-refractivity contribution in [3.8, 4) is 0 Å². The first kappa shape index (κ1) is 27.1. The molecule has 0 aliphatic heterocycles. The van der Waals surface area contributed by atoms with Gasteiger partial charge in [0.05, 0.1) is 33.0 Å². The zero-order chi connectivity index (χ0) is 25.4. The molecule has 4 aliphatic carbocycles. The van der Waals surface area contributed by atoms with E-state index < -0.39 is 5.41 Å². The summed E-state index contributed by atoms with van der Waals surface area (Å²) in [5.41, 5.74) is 1.73. The first-order chi connectivity index (χ1) is 16.6. The molecule has 0 aromatic heterocycles. The van der Waals surface area contributed by atoms with Gasteiger partial charge in [-0.25, -0.2) is 0 Å². The van der Waals surface area contributed by atoms with Gasteiger partial charge in [-0.15, -0.1) is 0 Å². The molecule has 3 saturated carbocycles. The van der Waals surface area contributed by atoms with Gasteiger partial charge >= 0.3 is 5.97 Å². The van der Waals surface area contributed by atoms with Gasteiger partial charge in [-0.3, -0.25) is 4.79 Å². The fourth-order valence-electron chi connectivity index (χ4n) is 8.85. The van der Waals surface area contributed by atoms with Crippen LogP contribution in [0.25, 0.3) is 0 Å². The predicted molar refractivity (Wildman–Crippen MR) is 138 cm³/mol. The molecule has 0 amide bonds. The third-order valence-corrected chi connectivity index (χ3v) is 11.3. The van der Waals surface area contributed by atoms with Crippen LogP contribution in [0.1, 0.15) is 91.9 Å². The van der Waals surface area contributed by atoms with Crippen LogP contribution in [0.5, 0.6) is 0 Å². The van der Waals surface area contributed by atoms with Gasteiger partial charge in [0.25, 0.3) is 0 Å². The number of fused-ring (bicyclic) bond motifs is 5. The van der Waals surface area contributed by atoms with E-state index in [1.54, 1.807) is 5.57 Å². The molecule has 4 aliphatic rings. The smallest absolute Gasteiger partial charge is 0.305 e. The maximum absolute atomic E-state index is 11.7. The van der Waals surface area contributed by atoms with E-state index in [0.717, 1.165) is 37.0 Å². The molecule has 5 nitrogen and oxygen atoms in total. The van der Waals surface area contributed by atoms with Gasteiger partial charge in [0.15, 0.2) is 0 Å². The fraction of sp³-hybridized carbons (Fsp3) is 0.900. The van der Waals surface area contributed by atoms with Crippen LogP contribution in [0.3, 0.4) is 0 Å². The van der Waals surface area contributed by atoms with Crippen LogP contribution >= 0.6 is 0 Å². The summed E-state index contributed by atoms with van der Waals surface area (Å²) >= 11 is 0. The Morgan fingerprint density at radius 2 is 1.89 bits per heavy atom. The van der Waals surface area contributed by atoms with Crippen LogP contribution in [0.15, 0.2) is 11.6 Å². The SMILES string of the molecule is COC(=O)CC[C@@H](C)[C@H]1CC[C@H]2[C@@H]3CC=C4C[C@@H](OCC(C)(CO)CO)CC[C@]4(C)[C@H]3CC[C@]12C. The molecule has 0 aromatic rings. The number of aliphatic hydroxyl groups is 2. The van der Waals surface area contributed by atoms with E-state index in [1.807, 2.05) is 6.92 Å². The van der Waals surface area contributed by atoms with Crippen molar-refractivity contribution in [2.75, 3.05) is 26.9 Å². The lowest BCUT2D eigenvalue weighted by molar-refractivity contribution is -0.141. The fourth-order valence-corrected chi connectivity index (χ4v) is 8.85. The summed E-state index contributed by atoms with van der Waals surface area (Å²) < 4.78 is 11.1. The van der Waals surface area contributed by atoms with Crippen molar-refractivity contribution in [3.63, 3.8) is 0 Å². The lowest BCUT2D eigenvalue weighted by Gasteiger charge is -2.58. The molecular formula is C30H50O5. The van der Waals surface area contributed by atoms with E-state index in [2.05, 4.69) is 26.8 Å². The second kappa shape index (κ2) is 10.5. The van der Waals surface area contributed by atoms with Crippen LogP contribution in [-0.2, 0) is 14.3 Å². The van der Waals surface area contributed by atoms with Crippen molar-refractivity contribution < 1.29 is 24.5 Å². The van der Waals surface area contributed by atoms with E-state index in [-0.39, 0.29) is 30.7 Å². The lowest BCUT2D eigenvalue weighted by Crippen LogP contribution is -2.51. The molecule has 8 atom stereocenters. The number of carbonyl (C=O) groups excluding carboxylic acids is 1. The highest BCUT2D eigenvalue weighted by atomic mass is 16.5. The molecule has 200 valence electrons. The monoisotopic (exact) mass is 490 g/mol. The molecular weight excluding hydrogens is 440 g/mol. The summed E-state index contributed by atoms with van der Waals surface area (Å²) in [4.78, 5) is 11.7. The Balaban J connectivity index is 1.43. The van der Waals surface area contributed by atoms with E-state index in [4.69, 9.17) is 9.47 Å². The highest BCUT2D eigenvalue weighted by Gasteiger charge is 2.59. The Bertz CT molecular complexity index is 788. The average molecular weight is 491 g/mol. The number of methoxy groups -OCH3 is 1. The Morgan fingerprint density at radius 3 is 2.57 bits per heavy atom. The zero-order valence-corrected chi connectivity index (χ0v) is 22.9. The highest BCUT2D eigenvalue weighted by Crippen LogP contribution is 2.67. The molecule has 4 rings (SSSR count). The molecule has 35 heavy (non-hydrogen) atoms. The van der Waals surface area contributed by atoms with Gasteiger partial charge in [0.2, 0.25) is 0 Å². The number of esters is 1. The lowest BCUT2D eigenvalue weighted by atomic mass is 9.47. The quantitative estimate of drug-likeness (QED) is 0.328. The maximum atomic E-state index is 11.7. The van der Waals surface area contributed by atoms with Crippen molar-refractivity contribution in [2.24, 2.45) is 45.8 Å². The molecule has 5 heteroatoms. The molecule has 0 unspecified atom stereocenters. The van der Waals surface area contributed by atoms with E-state index in [1.165, 1.54) is 45.6 Å². The third kappa shape index (κ3) is 4.99. The third-order valence-electron chi connectivity index (χ3n) is 11.3. The Morgan fingerprint density at radius 1 is 1.14 bits per heavy atom. The second-order valence-corrected chi connectivity index (χ2v) is 13.4. The van der Waals surface area contributed by atoms with Gasteiger partial charge in [-0.1, -0.05) is 39.3 Å². The summed E-state index contributed by atoms with van der Waals surface area (Å²) in [5, 5.41) is 19.2. The van der Waals surface area contributed by atoms with Gasteiger partial charge in [0.1, 0.15) is 0 Å². The minimum Gasteiger partial charge on any atom is -0.469 e. The molecule has 0 bridgehead atoms. The molecule has 0 heterocycles. The van der Waals surface area contributed by atoms with Crippen LogP contribution in [0, 0.1) is 45.8 Å². The first-order valence-electron chi connectivity index (χ1n) is 14.2. The van der Waals surface area contributed by atoms with Gasteiger partial charge in [-0.05, 0) is 98.2 Å². The van der Waals surface area contributed by atoms with Crippen molar-refractivity contribution in [3.05, 3.63) is 11.6 Å². The number of hydrogen-bond acceptors (Lipinski definition) is 5. The van der Waals surface area contributed by atoms with E-state index in [9.17, 15) is 15.0 Å². The number of carbonyl (C=O) groups is 1. The minimum absolute atomic E-state index is 0.0527. The summed E-state index contributed by atoms with van der Waals surface area (Å²) in [5.74, 6) is 3.56. The topological polar surface area (TPSA) is 76.0 Å². The highest BCUT2D eigenvalue weighted by molar-refractivity contribution is 5.69. The molecule has 0 saturated heterocycles. The molecule has 0 aromatic carbocycles. The Labute approximate surface area is 213 Å². The van der Waals surface area contributed by atoms with Crippen LogP contribution in [-0.4, -0.2) is 49.2 Å². The number of ether oxygens (including phenoxy) is 2. The van der Waals surface area contributed by atoms with Crippen LogP contribution in [0.2, 0.25) is 0 Å². The van der Waals surface area contributed by atoms with Crippen molar-refractivity contribution in [1.82, 2.24) is 0 Å². The predicted octanol–water partition coefficient (Wildman–Crippen LogP) is 5.53. The average Bonchev–Trinajstić information content (AvgIpc) is 3.22. The second-order valence-electron chi connectivity index (χ2n) is 13.4. The van der Waals surface area contributed by atoms with Gasteiger partial charge < -0.3 is 19.7 Å².